The summed E-state index contributed by atoms with van der Waals surface area (Å²) in [6.07, 6.45) is 0. The first-order valence-corrected chi connectivity index (χ1v) is 4.65. The molecule has 78 valence electrons. The summed E-state index contributed by atoms with van der Waals surface area (Å²) in [6.45, 7) is 1.76. The maximum absolute atomic E-state index is 11.2. The molecule has 4 nitrogen and oxygen atoms in total. The molecule has 0 aromatic heterocycles. The molecular formula is C11H13N3O. The van der Waals surface area contributed by atoms with Gasteiger partial charge in [0, 0.05) is 12.7 Å². The molecule has 0 aliphatic carbocycles. The molecule has 0 bridgehead atoms. The summed E-state index contributed by atoms with van der Waals surface area (Å²) in [7, 11) is 1.59. The van der Waals surface area contributed by atoms with E-state index in [2.05, 4.69) is 10.6 Å². The van der Waals surface area contributed by atoms with Crippen molar-refractivity contribution < 1.29 is 4.79 Å². The van der Waals surface area contributed by atoms with Crippen molar-refractivity contribution >= 4 is 11.6 Å². The third kappa shape index (κ3) is 2.99. The van der Waals surface area contributed by atoms with Gasteiger partial charge in [-0.05, 0) is 25.1 Å². The summed E-state index contributed by atoms with van der Waals surface area (Å²) >= 11 is 0. The van der Waals surface area contributed by atoms with Crippen LogP contribution in [0.4, 0.5) is 5.69 Å². The summed E-state index contributed by atoms with van der Waals surface area (Å²) in [6, 6.07) is 8.75. The van der Waals surface area contributed by atoms with Gasteiger partial charge in [-0.2, -0.15) is 5.26 Å². The minimum Gasteiger partial charge on any atom is -0.374 e. The first kappa shape index (κ1) is 11.1. The second-order valence-corrected chi connectivity index (χ2v) is 3.17. The Bertz CT molecular complexity index is 395. The van der Waals surface area contributed by atoms with Crippen LogP contribution in [0.3, 0.4) is 0 Å². The van der Waals surface area contributed by atoms with E-state index in [9.17, 15) is 4.79 Å². The molecule has 0 aliphatic rings. The van der Waals surface area contributed by atoms with Gasteiger partial charge in [0.15, 0.2) is 0 Å². The smallest absolute Gasteiger partial charge is 0.241 e. The van der Waals surface area contributed by atoms with Gasteiger partial charge in [-0.1, -0.05) is 6.07 Å². The zero-order valence-corrected chi connectivity index (χ0v) is 8.74. The molecule has 1 rings (SSSR count). The number of carbonyl (C=O) groups excluding carboxylic acids is 1. The molecule has 2 N–H and O–H groups in total. The number of nitriles is 1. The fourth-order valence-electron chi connectivity index (χ4n) is 1.21. The normalized spacial score (nSPS) is 11.3. The van der Waals surface area contributed by atoms with Crippen LogP contribution in [0.2, 0.25) is 0 Å². The molecule has 4 heteroatoms. The van der Waals surface area contributed by atoms with Crippen LogP contribution in [0, 0.1) is 11.3 Å². The van der Waals surface area contributed by atoms with Crippen molar-refractivity contribution in [1.29, 1.82) is 5.26 Å². The maximum atomic E-state index is 11.2. The van der Waals surface area contributed by atoms with Gasteiger partial charge in [0.2, 0.25) is 5.91 Å². The third-order valence-corrected chi connectivity index (χ3v) is 2.01. The molecule has 15 heavy (non-hydrogen) atoms. The van der Waals surface area contributed by atoms with Crippen LogP contribution in [0.25, 0.3) is 0 Å². The predicted molar refractivity (Wildman–Crippen MR) is 58.3 cm³/mol. The van der Waals surface area contributed by atoms with Gasteiger partial charge in [0.1, 0.15) is 6.04 Å². The highest BCUT2D eigenvalue weighted by Crippen LogP contribution is 2.10. The number of rotatable bonds is 3. The molecule has 0 spiro atoms. The highest BCUT2D eigenvalue weighted by Gasteiger charge is 2.09. The van der Waals surface area contributed by atoms with Crippen LogP contribution in [0.5, 0.6) is 0 Å². The van der Waals surface area contributed by atoms with E-state index < -0.39 is 0 Å². The lowest BCUT2D eigenvalue weighted by Gasteiger charge is -2.13. The van der Waals surface area contributed by atoms with Crippen molar-refractivity contribution in [2.45, 2.75) is 13.0 Å². The Morgan fingerprint density at radius 3 is 2.87 bits per heavy atom. The minimum atomic E-state index is -0.316. The highest BCUT2D eigenvalue weighted by atomic mass is 16.2. The third-order valence-electron chi connectivity index (χ3n) is 2.01. The Labute approximate surface area is 88.9 Å². The average molecular weight is 203 g/mol. The first-order chi connectivity index (χ1) is 7.17. The standard InChI is InChI=1S/C11H13N3O/c1-8(11(15)13-2)14-10-5-3-4-9(6-10)7-12/h3-6,8,14H,1-2H3,(H,13,15). The number of nitrogens with zero attached hydrogens (tertiary/aromatic N) is 1. The van der Waals surface area contributed by atoms with E-state index in [1.807, 2.05) is 12.1 Å². The molecule has 0 heterocycles. The lowest BCUT2D eigenvalue weighted by molar-refractivity contribution is -0.121. The van der Waals surface area contributed by atoms with Crippen LogP contribution in [-0.4, -0.2) is 19.0 Å². The molecule has 0 fully saturated rings. The minimum absolute atomic E-state index is 0.0858. The number of anilines is 1. The number of hydrogen-bond acceptors (Lipinski definition) is 3. The molecule has 0 aliphatic heterocycles. The molecule has 0 saturated heterocycles. The largest absolute Gasteiger partial charge is 0.374 e. The fraction of sp³-hybridized carbons (Fsp3) is 0.273. The average Bonchev–Trinajstić information content (AvgIpc) is 2.28. The molecule has 1 unspecified atom stereocenters. The second-order valence-electron chi connectivity index (χ2n) is 3.17. The van der Waals surface area contributed by atoms with E-state index in [-0.39, 0.29) is 11.9 Å². The van der Waals surface area contributed by atoms with Crippen LogP contribution < -0.4 is 10.6 Å². The molecular weight excluding hydrogens is 190 g/mol. The van der Waals surface area contributed by atoms with Crippen molar-refractivity contribution in [2.75, 3.05) is 12.4 Å². The van der Waals surface area contributed by atoms with Gasteiger partial charge in [-0.3, -0.25) is 4.79 Å². The van der Waals surface area contributed by atoms with Crippen molar-refractivity contribution in [2.24, 2.45) is 0 Å². The zero-order chi connectivity index (χ0) is 11.3. The second kappa shape index (κ2) is 5.01. The van der Waals surface area contributed by atoms with Crippen LogP contribution in [0.15, 0.2) is 24.3 Å². The van der Waals surface area contributed by atoms with E-state index in [0.29, 0.717) is 5.56 Å². The Kier molecular flexibility index (Phi) is 3.69. The summed E-state index contributed by atoms with van der Waals surface area (Å²) in [5.41, 5.74) is 1.34. The van der Waals surface area contributed by atoms with E-state index in [1.54, 1.807) is 32.2 Å². The number of hydrogen-bond donors (Lipinski definition) is 2. The van der Waals surface area contributed by atoms with Crippen molar-refractivity contribution in [3.8, 4) is 6.07 Å². The Morgan fingerprint density at radius 1 is 1.53 bits per heavy atom. The topological polar surface area (TPSA) is 64.9 Å². The summed E-state index contributed by atoms with van der Waals surface area (Å²) in [5, 5.41) is 14.2. The molecule has 1 aromatic carbocycles. The Balaban J connectivity index is 2.73. The molecule has 1 amide bonds. The van der Waals surface area contributed by atoms with Crippen molar-refractivity contribution in [1.82, 2.24) is 5.32 Å². The van der Waals surface area contributed by atoms with Gasteiger partial charge < -0.3 is 10.6 Å². The van der Waals surface area contributed by atoms with Gasteiger partial charge in [-0.15, -0.1) is 0 Å². The van der Waals surface area contributed by atoms with E-state index in [0.717, 1.165) is 5.69 Å². The fourth-order valence-corrected chi connectivity index (χ4v) is 1.21. The monoisotopic (exact) mass is 203 g/mol. The van der Waals surface area contributed by atoms with Gasteiger partial charge >= 0.3 is 0 Å². The number of nitrogens with one attached hydrogen (secondary N) is 2. The van der Waals surface area contributed by atoms with Crippen molar-refractivity contribution in [3.05, 3.63) is 29.8 Å². The van der Waals surface area contributed by atoms with Crippen LogP contribution in [-0.2, 0) is 4.79 Å². The van der Waals surface area contributed by atoms with Crippen LogP contribution >= 0.6 is 0 Å². The summed E-state index contributed by atoms with van der Waals surface area (Å²) in [4.78, 5) is 11.2. The summed E-state index contributed by atoms with van der Waals surface area (Å²) < 4.78 is 0. The molecule has 1 aromatic rings. The summed E-state index contributed by atoms with van der Waals surface area (Å²) in [5.74, 6) is -0.0858. The van der Waals surface area contributed by atoms with Gasteiger partial charge in [0.05, 0.1) is 11.6 Å². The number of carbonyl (C=O) groups is 1. The SMILES string of the molecule is CNC(=O)C(C)Nc1cccc(C#N)c1. The highest BCUT2D eigenvalue weighted by molar-refractivity contribution is 5.83. The molecule has 0 radical (unpaired) electrons. The van der Waals surface area contributed by atoms with Crippen molar-refractivity contribution in [3.63, 3.8) is 0 Å². The van der Waals surface area contributed by atoms with Gasteiger partial charge in [0.25, 0.3) is 0 Å². The van der Waals surface area contributed by atoms with E-state index >= 15 is 0 Å². The van der Waals surface area contributed by atoms with Gasteiger partial charge in [-0.25, -0.2) is 0 Å². The number of benzene rings is 1. The lowest BCUT2D eigenvalue weighted by Crippen LogP contribution is -2.35. The van der Waals surface area contributed by atoms with E-state index in [4.69, 9.17) is 5.26 Å². The predicted octanol–water partition coefficient (Wildman–Crippen LogP) is 1.10. The number of likely N-dealkylation sites (N-methyl/N-ethyl adjacent to an activating group) is 1. The Morgan fingerprint density at radius 2 is 2.27 bits per heavy atom. The zero-order valence-electron chi connectivity index (χ0n) is 8.74. The Hall–Kier alpha value is -2.02. The molecule has 0 saturated carbocycles. The maximum Gasteiger partial charge on any atom is 0.241 e. The van der Waals surface area contributed by atoms with Crippen LogP contribution in [0.1, 0.15) is 12.5 Å². The number of amides is 1. The molecule has 1 atom stereocenters. The quantitative estimate of drug-likeness (QED) is 0.773. The van der Waals surface area contributed by atoms with E-state index in [1.165, 1.54) is 0 Å². The lowest BCUT2D eigenvalue weighted by atomic mass is 10.2. The first-order valence-electron chi connectivity index (χ1n) is 4.65.